The molecule has 0 radical (unpaired) electrons. The molecule has 0 fully saturated rings. The summed E-state index contributed by atoms with van der Waals surface area (Å²) in [6.45, 7) is 6.88. The average molecular weight is 593 g/mol. The van der Waals surface area contributed by atoms with E-state index in [1.54, 1.807) is 0 Å². The van der Waals surface area contributed by atoms with E-state index in [0.717, 1.165) is 11.5 Å². The first kappa shape index (κ1) is 37.7. The van der Waals surface area contributed by atoms with Gasteiger partial charge in [-0.2, -0.15) is 23.5 Å². The normalized spacial score (nSPS) is 11.5. The van der Waals surface area contributed by atoms with Crippen LogP contribution in [0.25, 0.3) is 0 Å². The molecule has 0 unspecified atom stereocenters. The van der Waals surface area contributed by atoms with Gasteiger partial charge in [-0.05, 0) is 42.8 Å². The molecule has 1 aromatic rings. The van der Waals surface area contributed by atoms with Crippen LogP contribution in [0.5, 0.6) is 5.75 Å². The molecule has 0 spiro atoms. The quantitative estimate of drug-likeness (QED) is 0.0897. The number of thioether (sulfide) groups is 2. The Hall–Kier alpha value is -0.280. The number of phenols is 1. The molecule has 40 heavy (non-hydrogen) atoms. The second-order valence-electron chi connectivity index (χ2n) is 12.2. The lowest BCUT2D eigenvalue weighted by Crippen LogP contribution is -1.96. The average Bonchev–Trinajstić information content (AvgIpc) is 2.96. The molecule has 0 atom stereocenters. The minimum Gasteiger partial charge on any atom is -0.507 e. The summed E-state index contributed by atoms with van der Waals surface area (Å²) >= 11 is 4.05. The third-order valence-corrected chi connectivity index (χ3v) is 10.4. The Kier molecular flexibility index (Phi) is 27.2. The number of aromatic hydroxyl groups is 1. The van der Waals surface area contributed by atoms with E-state index in [1.807, 2.05) is 23.5 Å². The molecule has 1 nitrogen and oxygen atoms in total. The predicted octanol–water partition coefficient (Wildman–Crippen LogP) is 13.4. The van der Waals surface area contributed by atoms with Crippen molar-refractivity contribution in [3.63, 3.8) is 0 Å². The summed E-state index contributed by atoms with van der Waals surface area (Å²) in [4.78, 5) is 0. The van der Waals surface area contributed by atoms with E-state index in [9.17, 15) is 5.11 Å². The van der Waals surface area contributed by atoms with Crippen LogP contribution in [0.15, 0.2) is 12.1 Å². The van der Waals surface area contributed by atoms with Crippen molar-refractivity contribution in [1.29, 1.82) is 0 Å². The first-order valence-corrected chi connectivity index (χ1v) is 20.0. The van der Waals surface area contributed by atoms with Gasteiger partial charge in [0.2, 0.25) is 0 Å². The molecular weight excluding hydrogens is 525 g/mol. The summed E-state index contributed by atoms with van der Waals surface area (Å²) in [7, 11) is 0. The van der Waals surface area contributed by atoms with Crippen molar-refractivity contribution in [3.05, 3.63) is 28.8 Å². The van der Waals surface area contributed by atoms with Crippen LogP contribution in [0.1, 0.15) is 185 Å². The van der Waals surface area contributed by atoms with E-state index < -0.39 is 0 Å². The zero-order valence-corrected chi connectivity index (χ0v) is 28.9. The van der Waals surface area contributed by atoms with Crippen molar-refractivity contribution in [1.82, 2.24) is 0 Å². The maximum absolute atomic E-state index is 11.2. The van der Waals surface area contributed by atoms with E-state index in [0.29, 0.717) is 5.75 Å². The van der Waals surface area contributed by atoms with Crippen LogP contribution >= 0.6 is 23.5 Å². The molecule has 1 rings (SSSR count). The zero-order valence-electron chi connectivity index (χ0n) is 27.2. The van der Waals surface area contributed by atoms with Gasteiger partial charge in [0.15, 0.2) is 0 Å². The maximum Gasteiger partial charge on any atom is 0.123 e. The van der Waals surface area contributed by atoms with Crippen LogP contribution in [-0.4, -0.2) is 16.6 Å². The van der Waals surface area contributed by atoms with E-state index in [1.165, 1.54) is 182 Å². The highest BCUT2D eigenvalue weighted by molar-refractivity contribution is 7.98. The molecule has 1 N–H and O–H groups in total. The van der Waals surface area contributed by atoms with Gasteiger partial charge in [0.1, 0.15) is 5.75 Å². The van der Waals surface area contributed by atoms with E-state index >= 15 is 0 Å². The lowest BCUT2D eigenvalue weighted by molar-refractivity contribution is 0.465. The van der Waals surface area contributed by atoms with Crippen molar-refractivity contribution >= 4 is 23.5 Å². The summed E-state index contributed by atoms with van der Waals surface area (Å²) in [6, 6.07) is 4.67. The molecule has 0 aliphatic carbocycles. The lowest BCUT2D eigenvalue weighted by Gasteiger charge is -2.14. The highest BCUT2D eigenvalue weighted by atomic mass is 32.2. The second-order valence-corrected chi connectivity index (χ2v) is 14.4. The van der Waals surface area contributed by atoms with Gasteiger partial charge < -0.3 is 5.11 Å². The zero-order chi connectivity index (χ0) is 28.9. The molecule has 3 heteroatoms. The number of rotatable bonds is 30. The van der Waals surface area contributed by atoms with E-state index in [-0.39, 0.29) is 0 Å². The molecule has 0 saturated carbocycles. The molecule has 0 aliphatic rings. The number of benzene rings is 1. The summed E-state index contributed by atoms with van der Waals surface area (Å²) < 4.78 is 0. The molecule has 0 saturated heterocycles. The third-order valence-electron chi connectivity index (χ3n) is 8.20. The first-order chi connectivity index (χ1) is 19.7. The van der Waals surface area contributed by atoms with Crippen molar-refractivity contribution in [2.45, 2.75) is 186 Å². The SMILES string of the molecule is CCCCCCCCCCSCc1cc(CCCCCCCCC)cc(CSCCCCCCCCCC)c1O. The van der Waals surface area contributed by atoms with Gasteiger partial charge in [0.25, 0.3) is 0 Å². The molecular formula is C37H68OS2. The van der Waals surface area contributed by atoms with Crippen molar-refractivity contribution in [3.8, 4) is 5.75 Å². The molecule has 0 bridgehead atoms. The number of aryl methyl sites for hydroxylation is 1. The number of hydrogen-bond donors (Lipinski definition) is 1. The predicted molar refractivity (Wildman–Crippen MR) is 187 cm³/mol. The van der Waals surface area contributed by atoms with Crippen LogP contribution in [0.4, 0.5) is 0 Å². The summed E-state index contributed by atoms with van der Waals surface area (Å²) in [5.74, 6) is 4.96. The van der Waals surface area contributed by atoms with Crippen molar-refractivity contribution < 1.29 is 5.11 Å². The fourth-order valence-electron chi connectivity index (χ4n) is 5.52. The minimum atomic E-state index is 0.593. The monoisotopic (exact) mass is 592 g/mol. The lowest BCUT2D eigenvalue weighted by atomic mass is 10.00. The highest BCUT2D eigenvalue weighted by Crippen LogP contribution is 2.32. The molecule has 0 aliphatic heterocycles. The fraction of sp³-hybridized carbons (Fsp3) is 0.838. The third kappa shape index (κ3) is 21.4. The van der Waals surface area contributed by atoms with Crippen LogP contribution in [0.2, 0.25) is 0 Å². The van der Waals surface area contributed by atoms with Gasteiger partial charge in [0.05, 0.1) is 0 Å². The van der Waals surface area contributed by atoms with Gasteiger partial charge in [-0.3, -0.25) is 0 Å². The summed E-state index contributed by atoms with van der Waals surface area (Å²) in [5.41, 5.74) is 3.83. The van der Waals surface area contributed by atoms with Crippen LogP contribution < -0.4 is 0 Å². The van der Waals surface area contributed by atoms with Crippen LogP contribution in [0.3, 0.4) is 0 Å². The smallest absolute Gasteiger partial charge is 0.123 e. The highest BCUT2D eigenvalue weighted by Gasteiger charge is 2.11. The molecule has 234 valence electrons. The molecule has 1 aromatic carbocycles. The van der Waals surface area contributed by atoms with E-state index in [4.69, 9.17) is 0 Å². The topological polar surface area (TPSA) is 20.2 Å². The van der Waals surface area contributed by atoms with E-state index in [2.05, 4.69) is 32.9 Å². The Morgan fingerprint density at radius 3 is 1.15 bits per heavy atom. The standard InChI is InChI=1S/C37H68OS2/c1-4-7-10-13-16-19-22-25-28-39-32-35-30-34(27-24-21-18-15-12-9-6-3)31-36(37(35)38)33-40-29-26-23-20-17-14-11-8-5-2/h30-31,38H,4-29,32-33H2,1-3H3. The summed E-state index contributed by atoms with van der Waals surface area (Å²) in [6.07, 6.45) is 32.8. The first-order valence-electron chi connectivity index (χ1n) is 17.7. The Bertz CT molecular complexity index is 629. The summed E-state index contributed by atoms with van der Waals surface area (Å²) in [5, 5.41) is 11.2. The Morgan fingerprint density at radius 2 is 0.775 bits per heavy atom. The van der Waals surface area contributed by atoms with Crippen molar-refractivity contribution in [2.75, 3.05) is 11.5 Å². The number of unbranched alkanes of at least 4 members (excludes halogenated alkanes) is 20. The number of hydrogen-bond acceptors (Lipinski definition) is 3. The van der Waals surface area contributed by atoms with Gasteiger partial charge in [-0.15, -0.1) is 0 Å². The maximum atomic E-state index is 11.2. The van der Waals surface area contributed by atoms with Crippen LogP contribution in [-0.2, 0) is 17.9 Å². The Labute approximate surface area is 260 Å². The van der Waals surface area contributed by atoms with Crippen molar-refractivity contribution in [2.24, 2.45) is 0 Å². The Balaban J connectivity index is 2.46. The van der Waals surface area contributed by atoms with Crippen LogP contribution in [0, 0.1) is 0 Å². The van der Waals surface area contributed by atoms with Gasteiger partial charge >= 0.3 is 0 Å². The fourth-order valence-corrected chi connectivity index (χ4v) is 7.51. The van der Waals surface area contributed by atoms with Gasteiger partial charge in [0, 0.05) is 22.6 Å². The molecule has 0 amide bonds. The van der Waals surface area contributed by atoms with Gasteiger partial charge in [-0.1, -0.05) is 161 Å². The van der Waals surface area contributed by atoms with Gasteiger partial charge in [-0.25, -0.2) is 0 Å². The Morgan fingerprint density at radius 1 is 0.450 bits per heavy atom. The second kappa shape index (κ2) is 28.8. The minimum absolute atomic E-state index is 0.593. The molecule has 0 heterocycles. The molecule has 0 aromatic heterocycles. The number of phenolic OH excluding ortho intramolecular Hbond substituents is 1. The largest absolute Gasteiger partial charge is 0.507 e.